The molecule has 5 nitrogen and oxygen atoms in total. The van der Waals surface area contributed by atoms with Crippen LogP contribution in [0.25, 0.3) is 0 Å². The highest BCUT2D eigenvalue weighted by molar-refractivity contribution is 9.11. The summed E-state index contributed by atoms with van der Waals surface area (Å²) in [5.74, 6) is 0.0337. The molecule has 2 heterocycles. The third kappa shape index (κ3) is 3.73. The number of hydrogen-bond donors (Lipinski definition) is 0. The molecular weight excluding hydrogens is 344 g/mol. The van der Waals surface area contributed by atoms with Crippen molar-refractivity contribution in [1.82, 2.24) is 9.80 Å². The van der Waals surface area contributed by atoms with Crippen molar-refractivity contribution in [3.63, 3.8) is 0 Å². The van der Waals surface area contributed by atoms with Crippen LogP contribution in [0.5, 0.6) is 0 Å². The highest BCUT2D eigenvalue weighted by Crippen LogP contribution is 2.23. The molecule has 0 aliphatic carbocycles. The Kier molecular flexibility index (Phi) is 5.42. The zero-order valence-electron chi connectivity index (χ0n) is 11.3. The molecule has 0 unspecified atom stereocenters. The van der Waals surface area contributed by atoms with E-state index in [0.29, 0.717) is 32.8 Å². The monoisotopic (exact) mass is 360 g/mol. The molecule has 2 rings (SSSR count). The summed E-state index contributed by atoms with van der Waals surface area (Å²) in [5, 5.41) is 0. The number of thiophene rings is 1. The lowest BCUT2D eigenvalue weighted by Crippen LogP contribution is -2.37. The first-order valence-corrected chi connectivity index (χ1v) is 8.19. The molecule has 1 aliphatic heterocycles. The molecule has 0 spiro atoms. The van der Waals surface area contributed by atoms with Gasteiger partial charge in [-0.3, -0.25) is 4.79 Å². The summed E-state index contributed by atoms with van der Waals surface area (Å²) < 4.78 is 5.95. The molecule has 0 aromatic carbocycles. The van der Waals surface area contributed by atoms with Crippen LogP contribution in [0, 0.1) is 0 Å². The van der Waals surface area contributed by atoms with Gasteiger partial charge in [0.25, 0.3) is 5.91 Å². The first-order valence-electron chi connectivity index (χ1n) is 6.58. The van der Waals surface area contributed by atoms with E-state index in [0.717, 1.165) is 15.1 Å². The first kappa shape index (κ1) is 15.3. The van der Waals surface area contributed by atoms with Crippen LogP contribution in [0.1, 0.15) is 23.0 Å². The lowest BCUT2D eigenvalue weighted by molar-refractivity contribution is 0.0758. The smallest absolute Gasteiger partial charge is 0.409 e. The highest BCUT2D eigenvalue weighted by Gasteiger charge is 2.24. The largest absolute Gasteiger partial charge is 0.450 e. The van der Waals surface area contributed by atoms with Crippen LogP contribution >= 0.6 is 27.3 Å². The number of hydrogen-bond acceptors (Lipinski definition) is 4. The van der Waals surface area contributed by atoms with Gasteiger partial charge in [-0.25, -0.2) is 4.79 Å². The van der Waals surface area contributed by atoms with Gasteiger partial charge in [0, 0.05) is 26.2 Å². The van der Waals surface area contributed by atoms with Crippen LogP contribution in [0.3, 0.4) is 0 Å². The molecule has 0 atom stereocenters. The van der Waals surface area contributed by atoms with Crippen LogP contribution in [0.4, 0.5) is 4.79 Å². The Labute approximate surface area is 130 Å². The summed E-state index contributed by atoms with van der Waals surface area (Å²) in [7, 11) is 0. The van der Waals surface area contributed by atoms with Crippen LogP contribution in [0.15, 0.2) is 15.9 Å². The summed E-state index contributed by atoms with van der Waals surface area (Å²) in [6.45, 7) is 4.55. The number of amides is 2. The number of carbonyl (C=O) groups is 2. The highest BCUT2D eigenvalue weighted by atomic mass is 79.9. The van der Waals surface area contributed by atoms with E-state index in [9.17, 15) is 9.59 Å². The lowest BCUT2D eigenvalue weighted by atomic mass is 10.3. The first-order chi connectivity index (χ1) is 9.61. The predicted octanol–water partition coefficient (Wildman–Crippen LogP) is 2.82. The van der Waals surface area contributed by atoms with Gasteiger partial charge in [0.2, 0.25) is 0 Å². The topological polar surface area (TPSA) is 49.9 Å². The maximum Gasteiger partial charge on any atom is 0.409 e. The molecule has 7 heteroatoms. The number of nitrogens with zero attached hydrogens (tertiary/aromatic N) is 2. The predicted molar refractivity (Wildman–Crippen MR) is 81.1 cm³/mol. The molecule has 0 saturated carbocycles. The summed E-state index contributed by atoms with van der Waals surface area (Å²) in [6.07, 6.45) is 0.484. The van der Waals surface area contributed by atoms with E-state index in [2.05, 4.69) is 15.9 Å². The van der Waals surface area contributed by atoms with Crippen molar-refractivity contribution in [3.05, 3.63) is 20.8 Å². The molecule has 1 aromatic rings. The Morgan fingerprint density at radius 2 is 1.95 bits per heavy atom. The second kappa shape index (κ2) is 7.08. The van der Waals surface area contributed by atoms with Gasteiger partial charge in [0.15, 0.2) is 0 Å². The van der Waals surface area contributed by atoms with E-state index in [4.69, 9.17) is 4.74 Å². The second-order valence-corrected chi connectivity index (χ2v) is 6.90. The Hall–Kier alpha value is -1.08. The third-order valence-electron chi connectivity index (χ3n) is 3.09. The van der Waals surface area contributed by atoms with E-state index in [1.807, 2.05) is 12.1 Å². The second-order valence-electron chi connectivity index (χ2n) is 4.44. The molecule has 20 heavy (non-hydrogen) atoms. The molecule has 1 aromatic heterocycles. The van der Waals surface area contributed by atoms with Crippen molar-refractivity contribution in [2.75, 3.05) is 32.8 Å². The Morgan fingerprint density at radius 1 is 1.25 bits per heavy atom. The van der Waals surface area contributed by atoms with Crippen molar-refractivity contribution >= 4 is 39.3 Å². The lowest BCUT2D eigenvalue weighted by Gasteiger charge is -2.21. The Balaban J connectivity index is 1.95. The van der Waals surface area contributed by atoms with Crippen LogP contribution < -0.4 is 0 Å². The van der Waals surface area contributed by atoms with E-state index in [-0.39, 0.29) is 12.0 Å². The van der Waals surface area contributed by atoms with E-state index < -0.39 is 0 Å². The molecule has 1 fully saturated rings. The molecular formula is C13H17BrN2O3S. The number of ether oxygens (including phenoxy) is 1. The van der Waals surface area contributed by atoms with E-state index in [1.165, 1.54) is 11.3 Å². The fraction of sp³-hybridized carbons (Fsp3) is 0.538. The number of rotatable bonds is 2. The standard InChI is InChI=1S/C13H17BrN2O3S/c1-2-19-13(18)16-7-3-6-15(8-9-16)12(17)10-4-5-11(14)20-10/h4-5H,2-3,6-9H2,1H3. The molecule has 1 saturated heterocycles. The minimum atomic E-state index is -0.291. The van der Waals surface area contributed by atoms with Gasteiger partial charge in [-0.2, -0.15) is 0 Å². The van der Waals surface area contributed by atoms with Crippen LogP contribution in [0.2, 0.25) is 0 Å². The maximum absolute atomic E-state index is 12.3. The summed E-state index contributed by atoms with van der Waals surface area (Å²) in [6, 6.07) is 3.70. The average molecular weight is 361 g/mol. The van der Waals surface area contributed by atoms with Crippen molar-refractivity contribution in [3.8, 4) is 0 Å². The summed E-state index contributed by atoms with van der Waals surface area (Å²) >= 11 is 4.80. The zero-order chi connectivity index (χ0) is 14.5. The van der Waals surface area contributed by atoms with Crippen molar-refractivity contribution in [1.29, 1.82) is 0 Å². The van der Waals surface area contributed by atoms with Crippen molar-refractivity contribution < 1.29 is 14.3 Å². The van der Waals surface area contributed by atoms with Gasteiger partial charge in [0.1, 0.15) is 0 Å². The summed E-state index contributed by atoms with van der Waals surface area (Å²) in [4.78, 5) is 28.2. The minimum absolute atomic E-state index is 0.0337. The maximum atomic E-state index is 12.3. The number of halogens is 1. The van der Waals surface area contributed by atoms with Gasteiger partial charge < -0.3 is 14.5 Å². The normalized spacial score (nSPS) is 15.9. The number of carbonyl (C=O) groups excluding carboxylic acids is 2. The molecule has 0 bridgehead atoms. The average Bonchev–Trinajstić information content (AvgIpc) is 2.72. The van der Waals surface area contributed by atoms with E-state index in [1.54, 1.807) is 16.7 Å². The van der Waals surface area contributed by atoms with Gasteiger partial charge in [-0.15, -0.1) is 11.3 Å². The summed E-state index contributed by atoms with van der Waals surface area (Å²) in [5.41, 5.74) is 0. The quantitative estimate of drug-likeness (QED) is 0.814. The van der Waals surface area contributed by atoms with Crippen LogP contribution in [-0.4, -0.2) is 54.6 Å². The van der Waals surface area contributed by atoms with Gasteiger partial charge >= 0.3 is 6.09 Å². The minimum Gasteiger partial charge on any atom is -0.450 e. The van der Waals surface area contributed by atoms with Crippen molar-refractivity contribution in [2.24, 2.45) is 0 Å². The zero-order valence-corrected chi connectivity index (χ0v) is 13.7. The SMILES string of the molecule is CCOC(=O)N1CCCN(C(=O)c2ccc(Br)s2)CC1. The van der Waals surface area contributed by atoms with E-state index >= 15 is 0 Å². The van der Waals surface area contributed by atoms with Gasteiger partial charge in [-0.05, 0) is 41.4 Å². The molecule has 2 amide bonds. The van der Waals surface area contributed by atoms with Gasteiger partial charge in [0.05, 0.1) is 15.3 Å². The molecule has 1 aliphatic rings. The van der Waals surface area contributed by atoms with Gasteiger partial charge in [-0.1, -0.05) is 0 Å². The molecule has 110 valence electrons. The Morgan fingerprint density at radius 3 is 2.60 bits per heavy atom. The Bertz CT molecular complexity index is 492. The molecule has 0 N–H and O–H groups in total. The van der Waals surface area contributed by atoms with Crippen LogP contribution in [-0.2, 0) is 4.74 Å². The fourth-order valence-corrected chi connectivity index (χ4v) is 3.46. The van der Waals surface area contributed by atoms with Crippen molar-refractivity contribution in [2.45, 2.75) is 13.3 Å². The molecule has 0 radical (unpaired) electrons. The third-order valence-corrected chi connectivity index (χ3v) is 4.70. The fourth-order valence-electron chi connectivity index (χ4n) is 2.10.